The van der Waals surface area contributed by atoms with Gasteiger partial charge in [0.25, 0.3) is 5.91 Å². The fraction of sp³-hybridized carbons (Fsp3) is 0.182. The highest BCUT2D eigenvalue weighted by molar-refractivity contribution is 6.31. The van der Waals surface area contributed by atoms with Crippen molar-refractivity contribution in [3.63, 3.8) is 0 Å². The fourth-order valence-corrected chi connectivity index (χ4v) is 3.84. The molecule has 146 valence electrons. The van der Waals surface area contributed by atoms with E-state index in [1.54, 1.807) is 30.6 Å². The number of carbonyl (C=O) groups excluding carboxylic acids is 1. The molecule has 29 heavy (non-hydrogen) atoms. The predicted molar refractivity (Wildman–Crippen MR) is 108 cm³/mol. The number of ether oxygens (including phenoxy) is 3. The fourth-order valence-electron chi connectivity index (χ4n) is 3.60. The molecule has 0 fully saturated rings. The lowest BCUT2D eigenvalue weighted by atomic mass is 10.0. The van der Waals surface area contributed by atoms with Crippen molar-refractivity contribution in [3.05, 3.63) is 71.0 Å². The first-order valence-corrected chi connectivity index (χ1v) is 9.62. The lowest BCUT2D eigenvalue weighted by Crippen LogP contribution is -2.34. The Balaban J connectivity index is 1.29. The van der Waals surface area contributed by atoms with Crippen LogP contribution in [0.2, 0.25) is 5.02 Å². The first kappa shape index (κ1) is 17.8. The van der Waals surface area contributed by atoms with Gasteiger partial charge in [0, 0.05) is 40.5 Å². The Morgan fingerprint density at radius 3 is 2.79 bits per heavy atom. The van der Waals surface area contributed by atoms with E-state index >= 15 is 0 Å². The summed E-state index contributed by atoms with van der Waals surface area (Å²) < 4.78 is 16.8. The van der Waals surface area contributed by atoms with Crippen molar-refractivity contribution in [3.8, 4) is 28.4 Å². The van der Waals surface area contributed by atoms with Gasteiger partial charge in [0.15, 0.2) is 11.5 Å². The van der Waals surface area contributed by atoms with E-state index in [2.05, 4.69) is 10.3 Å². The van der Waals surface area contributed by atoms with Crippen LogP contribution in [0, 0.1) is 0 Å². The summed E-state index contributed by atoms with van der Waals surface area (Å²) in [6.45, 7) is 0.562. The standard InChI is InChI=1S/C22H17ClN2O4/c23-16-7-15-8-17(29-21(15)18(10-16)13-3-5-24-6-4-13)11-25-22(26)14-1-2-19-20(9-14)28-12-27-19/h1-7,9-10,17H,8,11-12H2,(H,25,26)/t17-/m1/s1. The molecule has 6 nitrogen and oxygen atoms in total. The van der Waals surface area contributed by atoms with Crippen molar-refractivity contribution in [2.45, 2.75) is 12.5 Å². The Morgan fingerprint density at radius 2 is 1.93 bits per heavy atom. The van der Waals surface area contributed by atoms with Crippen LogP contribution >= 0.6 is 11.6 Å². The third-order valence-electron chi connectivity index (χ3n) is 4.98. The van der Waals surface area contributed by atoms with E-state index in [4.69, 9.17) is 25.8 Å². The Kier molecular flexibility index (Phi) is 4.48. The molecule has 0 bridgehead atoms. The molecule has 0 saturated carbocycles. The third kappa shape index (κ3) is 3.47. The van der Waals surface area contributed by atoms with Gasteiger partial charge in [0.1, 0.15) is 11.9 Å². The zero-order valence-corrected chi connectivity index (χ0v) is 16.1. The zero-order valence-electron chi connectivity index (χ0n) is 15.4. The molecule has 0 radical (unpaired) electrons. The van der Waals surface area contributed by atoms with Crippen molar-refractivity contribution in [1.29, 1.82) is 0 Å². The number of carbonyl (C=O) groups is 1. The highest BCUT2D eigenvalue weighted by Crippen LogP contribution is 2.41. The van der Waals surface area contributed by atoms with Crippen molar-refractivity contribution in [1.82, 2.24) is 10.3 Å². The maximum Gasteiger partial charge on any atom is 0.251 e. The smallest absolute Gasteiger partial charge is 0.251 e. The normalized spacial score (nSPS) is 16.2. The predicted octanol–water partition coefficient (Wildman–Crippen LogP) is 3.86. The first-order chi connectivity index (χ1) is 14.2. The van der Waals surface area contributed by atoms with E-state index in [1.807, 2.05) is 24.3 Å². The minimum atomic E-state index is -0.185. The van der Waals surface area contributed by atoms with Gasteiger partial charge in [-0.05, 0) is 48.0 Å². The number of hydrogen-bond donors (Lipinski definition) is 1. The summed E-state index contributed by atoms with van der Waals surface area (Å²) in [5, 5.41) is 3.59. The van der Waals surface area contributed by atoms with Crippen LogP contribution in [0.15, 0.2) is 54.9 Å². The van der Waals surface area contributed by atoms with Gasteiger partial charge in [-0.25, -0.2) is 0 Å². The number of hydrogen-bond acceptors (Lipinski definition) is 5. The second-order valence-electron chi connectivity index (χ2n) is 6.90. The molecule has 3 heterocycles. The van der Waals surface area contributed by atoms with Crippen LogP contribution in [0.3, 0.4) is 0 Å². The van der Waals surface area contributed by atoms with Crippen LogP contribution in [0.4, 0.5) is 0 Å². The number of amides is 1. The summed E-state index contributed by atoms with van der Waals surface area (Å²) in [7, 11) is 0. The van der Waals surface area contributed by atoms with Crippen molar-refractivity contribution in [2.24, 2.45) is 0 Å². The van der Waals surface area contributed by atoms with Crippen LogP contribution in [0.1, 0.15) is 15.9 Å². The van der Waals surface area contributed by atoms with Crippen LogP contribution in [0.25, 0.3) is 11.1 Å². The number of benzene rings is 2. The molecule has 5 rings (SSSR count). The maximum atomic E-state index is 12.5. The summed E-state index contributed by atoms with van der Waals surface area (Å²) in [4.78, 5) is 16.6. The van der Waals surface area contributed by atoms with E-state index < -0.39 is 0 Å². The van der Waals surface area contributed by atoms with Gasteiger partial charge in [-0.3, -0.25) is 9.78 Å². The molecule has 0 unspecified atom stereocenters. The van der Waals surface area contributed by atoms with Gasteiger partial charge in [-0.15, -0.1) is 0 Å². The molecule has 1 N–H and O–H groups in total. The molecular formula is C22H17ClN2O4. The van der Waals surface area contributed by atoms with Crippen LogP contribution in [0.5, 0.6) is 17.2 Å². The molecule has 2 aromatic carbocycles. The highest BCUT2D eigenvalue weighted by Gasteiger charge is 2.27. The average molecular weight is 409 g/mol. The third-order valence-corrected chi connectivity index (χ3v) is 5.20. The summed E-state index contributed by atoms with van der Waals surface area (Å²) >= 11 is 6.32. The average Bonchev–Trinajstić information content (AvgIpc) is 3.37. The molecule has 0 spiro atoms. The molecule has 0 aliphatic carbocycles. The number of fused-ring (bicyclic) bond motifs is 2. The molecule has 1 aromatic heterocycles. The molecule has 7 heteroatoms. The molecule has 2 aliphatic heterocycles. The monoisotopic (exact) mass is 408 g/mol. The summed E-state index contributed by atoms with van der Waals surface area (Å²) in [6, 6.07) is 12.8. The van der Waals surface area contributed by atoms with Crippen molar-refractivity contribution in [2.75, 3.05) is 13.3 Å². The maximum absolute atomic E-state index is 12.5. The molecule has 1 amide bonds. The number of aromatic nitrogens is 1. The van der Waals surface area contributed by atoms with Gasteiger partial charge >= 0.3 is 0 Å². The van der Waals surface area contributed by atoms with Gasteiger partial charge in [-0.2, -0.15) is 0 Å². The van der Waals surface area contributed by atoms with E-state index in [0.717, 1.165) is 22.4 Å². The van der Waals surface area contributed by atoms with Gasteiger partial charge in [-0.1, -0.05) is 11.6 Å². The number of pyridine rings is 1. The number of nitrogens with one attached hydrogen (secondary N) is 1. The van der Waals surface area contributed by atoms with E-state index in [-0.39, 0.29) is 18.8 Å². The van der Waals surface area contributed by atoms with Crippen molar-refractivity contribution >= 4 is 17.5 Å². The zero-order chi connectivity index (χ0) is 19.8. The number of nitrogens with zero attached hydrogens (tertiary/aromatic N) is 1. The first-order valence-electron chi connectivity index (χ1n) is 9.25. The molecule has 0 saturated heterocycles. The van der Waals surface area contributed by atoms with Crippen molar-refractivity contribution < 1.29 is 19.0 Å². The lowest BCUT2D eigenvalue weighted by Gasteiger charge is -2.14. The minimum Gasteiger partial charge on any atom is -0.487 e. The Hall–Kier alpha value is -3.25. The van der Waals surface area contributed by atoms with Crippen LogP contribution in [-0.2, 0) is 6.42 Å². The van der Waals surface area contributed by atoms with E-state index in [0.29, 0.717) is 35.1 Å². The summed E-state index contributed by atoms with van der Waals surface area (Å²) in [5.74, 6) is 1.86. The van der Waals surface area contributed by atoms with Gasteiger partial charge in [0.05, 0.1) is 6.54 Å². The van der Waals surface area contributed by atoms with Gasteiger partial charge < -0.3 is 19.5 Å². The summed E-state index contributed by atoms with van der Waals surface area (Å²) in [5.41, 5.74) is 3.47. The largest absolute Gasteiger partial charge is 0.487 e. The Bertz CT molecular complexity index is 1090. The SMILES string of the molecule is O=C(NC[C@H]1Cc2cc(Cl)cc(-c3ccncc3)c2O1)c1ccc2c(c1)OCO2. The number of halogens is 1. The molecule has 2 aliphatic rings. The Labute approximate surface area is 172 Å². The molecule has 1 atom stereocenters. The van der Waals surface area contributed by atoms with E-state index in [9.17, 15) is 4.79 Å². The summed E-state index contributed by atoms with van der Waals surface area (Å²) in [6.07, 6.45) is 3.98. The minimum absolute atomic E-state index is 0.165. The quantitative estimate of drug-likeness (QED) is 0.709. The molecule has 3 aromatic rings. The van der Waals surface area contributed by atoms with Crippen LogP contribution < -0.4 is 19.5 Å². The molecular weight excluding hydrogens is 392 g/mol. The van der Waals surface area contributed by atoms with E-state index in [1.165, 1.54) is 0 Å². The van der Waals surface area contributed by atoms with Gasteiger partial charge in [0.2, 0.25) is 6.79 Å². The number of rotatable bonds is 4. The topological polar surface area (TPSA) is 69.7 Å². The lowest BCUT2D eigenvalue weighted by molar-refractivity contribution is 0.0933. The second kappa shape index (κ2) is 7.29. The Morgan fingerprint density at radius 1 is 1.10 bits per heavy atom. The second-order valence-corrected chi connectivity index (χ2v) is 7.34. The van der Waals surface area contributed by atoms with Crippen LogP contribution in [-0.4, -0.2) is 30.3 Å². The highest BCUT2D eigenvalue weighted by atomic mass is 35.5.